The van der Waals surface area contributed by atoms with Gasteiger partial charge < -0.3 is 14.8 Å². The van der Waals surface area contributed by atoms with Gasteiger partial charge in [-0.1, -0.05) is 6.07 Å². The Balaban J connectivity index is 1.38. The van der Waals surface area contributed by atoms with Gasteiger partial charge in [0, 0.05) is 31.5 Å². The summed E-state index contributed by atoms with van der Waals surface area (Å²) in [5, 5.41) is 3.12. The number of amides is 2. The van der Waals surface area contributed by atoms with Crippen LogP contribution in [0.15, 0.2) is 36.9 Å². The zero-order valence-electron chi connectivity index (χ0n) is 14.2. The summed E-state index contributed by atoms with van der Waals surface area (Å²) < 4.78 is 15.7. The molecule has 1 N–H and O–H groups in total. The molecule has 0 unspecified atom stereocenters. The van der Waals surface area contributed by atoms with Gasteiger partial charge in [0.25, 0.3) is 0 Å². The van der Waals surface area contributed by atoms with Crippen molar-refractivity contribution < 1.29 is 9.18 Å². The quantitative estimate of drug-likeness (QED) is 0.909. The Labute approximate surface area is 146 Å². The average molecular weight is 342 g/mol. The van der Waals surface area contributed by atoms with Gasteiger partial charge >= 0.3 is 6.03 Å². The number of imidazole rings is 1. The highest BCUT2D eigenvalue weighted by Gasteiger charge is 2.27. The van der Waals surface area contributed by atoms with E-state index >= 15 is 0 Å². The summed E-state index contributed by atoms with van der Waals surface area (Å²) in [6.07, 6.45) is 10.3. The molecule has 1 aromatic carbocycles. The molecule has 0 saturated carbocycles. The van der Waals surface area contributed by atoms with Gasteiger partial charge in [-0.2, -0.15) is 0 Å². The number of halogens is 1. The van der Waals surface area contributed by atoms with Crippen LogP contribution >= 0.6 is 0 Å². The van der Waals surface area contributed by atoms with Crippen LogP contribution < -0.4 is 5.32 Å². The number of piperidine rings is 1. The van der Waals surface area contributed by atoms with Crippen LogP contribution in [0, 0.1) is 5.82 Å². The van der Waals surface area contributed by atoms with Crippen LogP contribution in [0.2, 0.25) is 0 Å². The van der Waals surface area contributed by atoms with Crippen molar-refractivity contribution in [3.63, 3.8) is 0 Å². The van der Waals surface area contributed by atoms with Crippen LogP contribution in [0.4, 0.5) is 9.18 Å². The van der Waals surface area contributed by atoms with E-state index in [1.54, 1.807) is 12.3 Å². The molecule has 2 aromatic rings. The van der Waals surface area contributed by atoms with Gasteiger partial charge in [0.05, 0.1) is 12.4 Å². The summed E-state index contributed by atoms with van der Waals surface area (Å²) in [5.41, 5.74) is 2.09. The van der Waals surface area contributed by atoms with E-state index in [0.717, 1.165) is 56.3 Å². The first-order chi connectivity index (χ1) is 12.2. The molecule has 2 amide bonds. The molecule has 1 atom stereocenters. The van der Waals surface area contributed by atoms with Gasteiger partial charge in [0.2, 0.25) is 0 Å². The largest absolute Gasteiger partial charge is 0.334 e. The maximum Gasteiger partial charge on any atom is 0.317 e. The number of aromatic nitrogens is 2. The number of likely N-dealkylation sites (tertiary alicyclic amines) is 1. The van der Waals surface area contributed by atoms with Crippen molar-refractivity contribution in [1.29, 1.82) is 0 Å². The molecule has 0 spiro atoms. The first-order valence-electron chi connectivity index (χ1n) is 9.02. The molecule has 25 heavy (non-hydrogen) atoms. The van der Waals surface area contributed by atoms with Crippen LogP contribution in [0.1, 0.15) is 48.9 Å². The average Bonchev–Trinajstić information content (AvgIpc) is 3.17. The van der Waals surface area contributed by atoms with Gasteiger partial charge in [-0.3, -0.25) is 0 Å². The fraction of sp³-hybridized carbons (Fsp3) is 0.474. The van der Waals surface area contributed by atoms with Crippen molar-refractivity contribution in [3.05, 3.63) is 53.9 Å². The summed E-state index contributed by atoms with van der Waals surface area (Å²) in [6.45, 7) is 1.47. The second-order valence-corrected chi connectivity index (χ2v) is 6.97. The molecule has 2 aliphatic rings. The van der Waals surface area contributed by atoms with E-state index in [2.05, 4.69) is 14.9 Å². The third kappa shape index (κ3) is 3.38. The molecular weight excluding hydrogens is 319 g/mol. The summed E-state index contributed by atoms with van der Waals surface area (Å²) in [5.74, 6) is -0.235. The summed E-state index contributed by atoms with van der Waals surface area (Å²) >= 11 is 0. The molecule has 1 aliphatic heterocycles. The molecule has 1 aromatic heterocycles. The lowest BCUT2D eigenvalue weighted by Gasteiger charge is -2.34. The van der Waals surface area contributed by atoms with Crippen molar-refractivity contribution in [3.8, 4) is 0 Å². The van der Waals surface area contributed by atoms with Gasteiger partial charge in [-0.05, 0) is 55.4 Å². The van der Waals surface area contributed by atoms with Gasteiger partial charge in [0.1, 0.15) is 5.82 Å². The van der Waals surface area contributed by atoms with E-state index in [-0.39, 0.29) is 17.9 Å². The molecule has 2 heterocycles. The van der Waals surface area contributed by atoms with E-state index < -0.39 is 0 Å². The Hall–Kier alpha value is -2.37. The fourth-order valence-corrected chi connectivity index (χ4v) is 4.01. The number of fused-ring (bicyclic) bond motifs is 1. The number of aryl methyl sites for hydroxylation is 1. The minimum atomic E-state index is -0.235. The molecule has 132 valence electrons. The lowest BCUT2D eigenvalue weighted by Crippen LogP contribution is -2.46. The van der Waals surface area contributed by atoms with Crippen molar-refractivity contribution in [2.24, 2.45) is 0 Å². The molecular formula is C19H23FN4O. The maximum atomic E-state index is 13.6. The third-order valence-electron chi connectivity index (χ3n) is 5.42. The van der Waals surface area contributed by atoms with Crippen molar-refractivity contribution in [2.75, 3.05) is 13.1 Å². The molecule has 0 bridgehead atoms. The topological polar surface area (TPSA) is 50.2 Å². The Morgan fingerprint density at radius 3 is 2.84 bits per heavy atom. The minimum Gasteiger partial charge on any atom is -0.334 e. The highest BCUT2D eigenvalue weighted by Crippen LogP contribution is 2.31. The summed E-state index contributed by atoms with van der Waals surface area (Å²) in [4.78, 5) is 18.6. The van der Waals surface area contributed by atoms with Crippen molar-refractivity contribution in [1.82, 2.24) is 19.8 Å². The number of carbonyl (C=O) groups excluding carboxylic acids is 1. The highest BCUT2D eigenvalue weighted by molar-refractivity contribution is 5.75. The van der Waals surface area contributed by atoms with Crippen LogP contribution in [0.25, 0.3) is 0 Å². The van der Waals surface area contributed by atoms with E-state index in [1.165, 1.54) is 6.07 Å². The predicted molar refractivity (Wildman–Crippen MR) is 92.7 cm³/mol. The zero-order chi connectivity index (χ0) is 17.2. The minimum absolute atomic E-state index is 0.0359. The monoisotopic (exact) mass is 342 g/mol. The van der Waals surface area contributed by atoms with Crippen LogP contribution in [0.5, 0.6) is 0 Å². The lowest BCUT2D eigenvalue weighted by atomic mass is 9.87. The van der Waals surface area contributed by atoms with Crippen LogP contribution in [-0.2, 0) is 6.42 Å². The number of benzene rings is 1. The number of nitrogens with one attached hydrogen (secondary N) is 1. The standard InChI is InChI=1S/C19H23FN4O/c20-15-5-4-14-2-1-3-18(17(14)12-15)22-19(25)23-9-6-16(7-10-23)24-11-8-21-13-24/h4-5,8,11-13,16,18H,1-3,6-7,9-10H2,(H,22,25)/t18-/m0/s1. The van der Waals surface area contributed by atoms with E-state index in [4.69, 9.17) is 0 Å². The number of nitrogens with zero attached hydrogens (tertiary/aromatic N) is 3. The lowest BCUT2D eigenvalue weighted by molar-refractivity contribution is 0.167. The highest BCUT2D eigenvalue weighted by atomic mass is 19.1. The first kappa shape index (κ1) is 16.1. The van der Waals surface area contributed by atoms with Crippen molar-refractivity contribution in [2.45, 2.75) is 44.2 Å². The molecule has 1 aliphatic carbocycles. The van der Waals surface area contributed by atoms with Gasteiger partial charge in [-0.15, -0.1) is 0 Å². The Morgan fingerprint density at radius 2 is 2.08 bits per heavy atom. The maximum absolute atomic E-state index is 13.6. The Morgan fingerprint density at radius 1 is 1.24 bits per heavy atom. The molecule has 1 fully saturated rings. The normalized spacial score (nSPS) is 21.0. The number of hydrogen-bond donors (Lipinski definition) is 1. The SMILES string of the molecule is O=C(N[C@H]1CCCc2ccc(F)cc21)N1CCC(n2ccnc2)CC1. The number of urea groups is 1. The molecule has 5 nitrogen and oxygen atoms in total. The van der Waals surface area contributed by atoms with E-state index in [0.29, 0.717) is 6.04 Å². The molecule has 0 radical (unpaired) electrons. The van der Waals surface area contributed by atoms with Crippen LogP contribution in [-0.4, -0.2) is 33.6 Å². The predicted octanol–water partition coefficient (Wildman–Crippen LogP) is 3.45. The fourth-order valence-electron chi connectivity index (χ4n) is 4.01. The Kier molecular flexibility index (Phi) is 4.42. The molecule has 4 rings (SSSR count). The zero-order valence-corrected chi connectivity index (χ0v) is 14.2. The van der Waals surface area contributed by atoms with Crippen LogP contribution in [0.3, 0.4) is 0 Å². The smallest absolute Gasteiger partial charge is 0.317 e. The molecule has 6 heteroatoms. The third-order valence-corrected chi connectivity index (χ3v) is 5.42. The summed E-state index contributed by atoms with van der Waals surface area (Å²) in [7, 11) is 0. The van der Waals surface area contributed by atoms with Gasteiger partial charge in [-0.25, -0.2) is 14.2 Å². The molecule has 1 saturated heterocycles. The van der Waals surface area contributed by atoms with E-state index in [1.807, 2.05) is 23.5 Å². The van der Waals surface area contributed by atoms with Crippen molar-refractivity contribution >= 4 is 6.03 Å². The number of carbonyl (C=O) groups is 1. The van der Waals surface area contributed by atoms with Gasteiger partial charge in [0.15, 0.2) is 0 Å². The number of hydrogen-bond acceptors (Lipinski definition) is 2. The second-order valence-electron chi connectivity index (χ2n) is 6.97. The second kappa shape index (κ2) is 6.86. The summed E-state index contributed by atoms with van der Waals surface area (Å²) in [6, 6.07) is 5.22. The first-order valence-corrected chi connectivity index (χ1v) is 9.02. The van der Waals surface area contributed by atoms with E-state index in [9.17, 15) is 9.18 Å². The number of rotatable bonds is 2. The Bertz CT molecular complexity index is 738.